The number of ketones is 1. The highest BCUT2D eigenvalue weighted by Crippen LogP contribution is 2.47. The molecule has 0 aromatic rings. The van der Waals surface area contributed by atoms with Crippen LogP contribution in [0.3, 0.4) is 0 Å². The highest BCUT2D eigenvalue weighted by molar-refractivity contribution is 8.77. The summed E-state index contributed by atoms with van der Waals surface area (Å²) in [4.78, 5) is 33.4. The van der Waals surface area contributed by atoms with Gasteiger partial charge in [-0.3, -0.25) is 14.5 Å². The molecule has 2 bridgehead atoms. The van der Waals surface area contributed by atoms with E-state index < -0.39 is 102 Å². The number of cyclic esters (lactones) is 1. The van der Waals surface area contributed by atoms with Crippen molar-refractivity contribution in [1.82, 2.24) is 9.80 Å². The maximum Gasteiger partial charge on any atom is 0.311 e. The van der Waals surface area contributed by atoms with Gasteiger partial charge in [-0.2, -0.15) is 0 Å². The molecule has 5 aliphatic heterocycles. The topological polar surface area (TPSA) is 186 Å². The number of fused-ring (bicyclic) bond motifs is 2. The lowest BCUT2D eigenvalue weighted by atomic mass is 9.76. The van der Waals surface area contributed by atoms with Gasteiger partial charge in [0.25, 0.3) is 0 Å². The lowest BCUT2D eigenvalue weighted by Crippen LogP contribution is -2.60. The van der Waals surface area contributed by atoms with Gasteiger partial charge in [0.1, 0.15) is 30.0 Å². The first-order valence-electron chi connectivity index (χ1n) is 23.9. The van der Waals surface area contributed by atoms with Crippen LogP contribution in [0.1, 0.15) is 133 Å². The van der Waals surface area contributed by atoms with Crippen molar-refractivity contribution in [3.8, 4) is 0 Å². The van der Waals surface area contributed by atoms with E-state index in [9.17, 15) is 30.0 Å². The molecule has 0 aromatic carbocycles. The van der Waals surface area contributed by atoms with Crippen molar-refractivity contribution < 1.29 is 63.2 Å². The van der Waals surface area contributed by atoms with E-state index in [1.165, 1.54) is 13.5 Å². The normalized spacial score (nSPS) is 47.9. The van der Waals surface area contributed by atoms with Crippen molar-refractivity contribution in [3.63, 3.8) is 0 Å². The summed E-state index contributed by atoms with van der Waals surface area (Å²) in [5, 5.41) is 49.0. The Balaban J connectivity index is 1.59. The van der Waals surface area contributed by atoms with Gasteiger partial charge in [-0.1, -0.05) is 48.8 Å². The van der Waals surface area contributed by atoms with E-state index in [4.69, 9.17) is 33.2 Å². The van der Waals surface area contributed by atoms with Gasteiger partial charge in [0.15, 0.2) is 24.1 Å². The SMILES string of the molecule is CC[C@H]1OC(=O)[C@H](C)[C@@H](O[C@H]2C[C@@](C)(OC)[C@@H](O)[C@H](C)O2)[C@H](C)[C@@H](O[C@@H]2O[C@H](C)CC(N(C)C)[C@H]2O)[C@](C)(O)C[C@@H](C)CC2(C(=O)CCCCC3CCSS3)O[C@H]([C@@H](C)N2C)[C@]1(C)O. The molecular formula is C47H84N2O13S2. The maximum atomic E-state index is 14.8. The van der Waals surface area contributed by atoms with E-state index in [1.54, 1.807) is 34.6 Å². The first-order valence-corrected chi connectivity index (χ1v) is 26.3. The number of methoxy groups -OCH3 is 1. The number of aliphatic hydroxyl groups excluding tert-OH is 2. The van der Waals surface area contributed by atoms with E-state index in [0.717, 1.165) is 18.6 Å². The fraction of sp³-hybridized carbons (Fsp3) is 0.957. The number of unbranched alkanes of at least 4 members (excludes halogenated alkanes) is 1. The van der Waals surface area contributed by atoms with Crippen molar-refractivity contribution in [2.75, 3.05) is 34.0 Å². The first kappa shape index (κ1) is 54.3. The van der Waals surface area contributed by atoms with Crippen LogP contribution in [0.25, 0.3) is 0 Å². The number of rotatable bonds is 13. The zero-order valence-corrected chi connectivity index (χ0v) is 42.8. The van der Waals surface area contributed by atoms with E-state index in [1.807, 2.05) is 87.1 Å². The molecule has 0 amide bonds. The zero-order valence-electron chi connectivity index (χ0n) is 41.2. The molecule has 0 aliphatic carbocycles. The predicted octanol–water partition coefficient (Wildman–Crippen LogP) is 5.31. The van der Waals surface area contributed by atoms with E-state index in [-0.39, 0.29) is 56.0 Å². The Hall–Kier alpha value is -0.640. The number of likely N-dealkylation sites (N-methyl/N-ethyl adjacent to an activating group) is 2. The molecule has 15 nitrogen and oxygen atoms in total. The summed E-state index contributed by atoms with van der Waals surface area (Å²) in [6.07, 6.45) is -3.94. The highest BCUT2D eigenvalue weighted by Gasteiger charge is 2.61. The van der Waals surface area contributed by atoms with Crippen molar-refractivity contribution >= 4 is 33.3 Å². The molecule has 20 atom stereocenters. The second kappa shape index (κ2) is 22.0. The number of aliphatic hydroxyl groups is 4. The molecule has 17 heteroatoms. The van der Waals surface area contributed by atoms with Crippen molar-refractivity contribution in [1.29, 1.82) is 0 Å². The van der Waals surface area contributed by atoms with Gasteiger partial charge < -0.3 is 58.5 Å². The molecule has 0 spiro atoms. The summed E-state index contributed by atoms with van der Waals surface area (Å²) >= 11 is 0. The van der Waals surface area contributed by atoms with E-state index >= 15 is 0 Å². The summed E-state index contributed by atoms with van der Waals surface area (Å²) in [7, 11) is 11.0. The van der Waals surface area contributed by atoms with Gasteiger partial charge in [-0.25, -0.2) is 0 Å². The average molecular weight is 949 g/mol. The average Bonchev–Trinajstić information content (AvgIpc) is 3.84. The monoisotopic (exact) mass is 949 g/mol. The molecule has 5 aliphatic rings. The summed E-state index contributed by atoms with van der Waals surface area (Å²) in [5.74, 6) is -1.79. The minimum Gasteiger partial charge on any atom is -0.459 e. The Morgan fingerprint density at radius 1 is 0.984 bits per heavy atom. The molecular weight excluding hydrogens is 865 g/mol. The van der Waals surface area contributed by atoms with Gasteiger partial charge in [-0.05, 0) is 114 Å². The molecule has 5 fully saturated rings. The minimum absolute atomic E-state index is 0.0879. The largest absolute Gasteiger partial charge is 0.459 e. The molecule has 4 N–H and O–H groups in total. The number of ether oxygens (including phenoxy) is 7. The fourth-order valence-corrected chi connectivity index (χ4v) is 14.4. The molecule has 0 saturated carbocycles. The predicted molar refractivity (Wildman–Crippen MR) is 247 cm³/mol. The number of esters is 1. The third-order valence-electron chi connectivity index (χ3n) is 15.3. The Morgan fingerprint density at radius 2 is 1.67 bits per heavy atom. The number of Topliss-reactive ketones (excluding diaryl/α,β-unsaturated/α-hetero) is 1. The second-order valence-corrected chi connectivity index (χ2v) is 23.7. The van der Waals surface area contributed by atoms with Gasteiger partial charge in [0.2, 0.25) is 0 Å². The van der Waals surface area contributed by atoms with Crippen LogP contribution in [-0.4, -0.2) is 177 Å². The molecule has 0 aromatic heterocycles. The Bertz CT molecular complexity index is 1540. The number of carbonyl (C=O) groups is 2. The zero-order chi connectivity index (χ0) is 47.7. The molecule has 5 saturated heterocycles. The lowest BCUT2D eigenvalue weighted by molar-refractivity contribution is -0.318. The number of nitrogens with zero attached hydrogens (tertiary/aromatic N) is 2. The molecule has 372 valence electrons. The van der Waals surface area contributed by atoms with Crippen LogP contribution < -0.4 is 0 Å². The molecule has 0 radical (unpaired) electrons. The van der Waals surface area contributed by atoms with Crippen LogP contribution in [-0.2, 0) is 42.7 Å². The first-order chi connectivity index (χ1) is 29.8. The molecule has 5 heterocycles. The van der Waals surface area contributed by atoms with E-state index in [2.05, 4.69) is 0 Å². The second-order valence-electron chi connectivity index (χ2n) is 20.9. The maximum absolute atomic E-state index is 14.8. The smallest absolute Gasteiger partial charge is 0.311 e. The fourth-order valence-electron chi connectivity index (χ4n) is 11.3. The van der Waals surface area contributed by atoms with Crippen LogP contribution in [0.4, 0.5) is 0 Å². The Kier molecular flexibility index (Phi) is 18.6. The van der Waals surface area contributed by atoms with Crippen molar-refractivity contribution in [2.24, 2.45) is 17.8 Å². The van der Waals surface area contributed by atoms with Crippen LogP contribution in [0.2, 0.25) is 0 Å². The summed E-state index contributed by atoms with van der Waals surface area (Å²) in [6, 6.07) is -0.770. The van der Waals surface area contributed by atoms with Crippen molar-refractivity contribution in [3.05, 3.63) is 0 Å². The molecule has 5 rings (SSSR count). The third-order valence-corrected chi connectivity index (χ3v) is 18.3. The minimum atomic E-state index is -1.73. The lowest BCUT2D eigenvalue weighted by Gasteiger charge is -2.49. The van der Waals surface area contributed by atoms with Crippen LogP contribution in [0.15, 0.2) is 0 Å². The highest BCUT2D eigenvalue weighted by atomic mass is 33.1. The quantitative estimate of drug-likeness (QED) is 0.106. The summed E-state index contributed by atoms with van der Waals surface area (Å²) in [6.45, 7) is 18.0. The van der Waals surface area contributed by atoms with Crippen LogP contribution in [0.5, 0.6) is 0 Å². The number of hydrogen-bond donors (Lipinski definition) is 4. The van der Waals surface area contributed by atoms with Gasteiger partial charge >= 0.3 is 5.97 Å². The Morgan fingerprint density at radius 3 is 2.28 bits per heavy atom. The third kappa shape index (κ3) is 11.7. The summed E-state index contributed by atoms with van der Waals surface area (Å²) < 4.78 is 45.4. The van der Waals surface area contributed by atoms with Gasteiger partial charge in [0.05, 0.1) is 41.5 Å². The number of hydrogen-bond acceptors (Lipinski definition) is 17. The number of carbonyl (C=O) groups excluding carboxylic acids is 2. The van der Waals surface area contributed by atoms with Crippen molar-refractivity contribution in [2.45, 2.75) is 235 Å². The van der Waals surface area contributed by atoms with Gasteiger partial charge in [-0.15, -0.1) is 0 Å². The summed E-state index contributed by atoms with van der Waals surface area (Å²) in [5.41, 5.74) is -5.90. The standard InChI is InChI=1S/C47H84N2O13S2/c1-15-35-46(10,55)41-30(6)49(13)47(62-41,34(50)19-17-16-18-32-20-21-63-64-32)24-26(2)23-44(8,54)40(61-43-37(51)33(48(11)12)22-27(3)57-43)28(4)38(29(5)42(53)59-35)60-36-25-45(9,56-14)39(52)31(7)58-36/h26-33,35-41,43,51-52,54-55H,15-25H2,1-14H3/t26-,27-,28+,29-,30-,31+,32?,33?,35-,36+,37-,38+,39+,40-,41-,43+,44-,45-,46-,47?/m1/s1. The molecule has 64 heavy (non-hydrogen) atoms. The molecule has 3 unspecified atom stereocenters. The van der Waals surface area contributed by atoms with Gasteiger partial charge in [0, 0.05) is 55.4 Å². The van der Waals surface area contributed by atoms with Crippen LogP contribution >= 0.6 is 21.6 Å². The van der Waals surface area contributed by atoms with Crippen LogP contribution in [0, 0.1) is 17.8 Å². The van der Waals surface area contributed by atoms with E-state index in [0.29, 0.717) is 18.1 Å². The Labute approximate surface area is 391 Å².